The molecule has 32 heavy (non-hydrogen) atoms. The van der Waals surface area contributed by atoms with Crippen molar-refractivity contribution in [1.29, 1.82) is 0 Å². The van der Waals surface area contributed by atoms with E-state index in [9.17, 15) is 19.1 Å². The van der Waals surface area contributed by atoms with Crippen LogP contribution in [0.15, 0.2) is 36.5 Å². The fourth-order valence-electron chi connectivity index (χ4n) is 4.22. The molecule has 1 aliphatic heterocycles. The average Bonchev–Trinajstić information content (AvgIpc) is 3.33. The number of aliphatic hydroxyl groups excluding tert-OH is 1. The lowest BCUT2D eigenvalue weighted by atomic mass is 9.99. The maximum Gasteiger partial charge on any atom is 0.243 e. The number of hydrogen-bond donors (Lipinski definition) is 3. The first-order valence-corrected chi connectivity index (χ1v) is 10.8. The summed E-state index contributed by atoms with van der Waals surface area (Å²) in [5, 5.41) is 19.9. The fourth-order valence-corrected chi connectivity index (χ4v) is 4.22. The number of likely N-dealkylation sites (tertiary alicyclic amines) is 1. The molecule has 2 amide bonds. The number of carbonyl (C=O) groups is 2. The summed E-state index contributed by atoms with van der Waals surface area (Å²) in [6, 6.07) is 7.44. The molecule has 1 fully saturated rings. The number of aliphatic hydroxyl groups is 1. The van der Waals surface area contributed by atoms with Gasteiger partial charge in [0.25, 0.3) is 0 Å². The van der Waals surface area contributed by atoms with E-state index in [0.29, 0.717) is 0 Å². The Balaban J connectivity index is 1.70. The minimum Gasteiger partial charge on any atom is -0.391 e. The van der Waals surface area contributed by atoms with E-state index in [1.54, 1.807) is 10.9 Å². The second kappa shape index (κ2) is 9.38. The zero-order chi connectivity index (χ0) is 23.6. The van der Waals surface area contributed by atoms with Crippen molar-refractivity contribution in [3.8, 4) is 11.3 Å². The van der Waals surface area contributed by atoms with E-state index in [1.807, 2.05) is 44.3 Å². The molecule has 1 unspecified atom stereocenters. The van der Waals surface area contributed by atoms with Gasteiger partial charge in [0, 0.05) is 26.2 Å². The maximum atomic E-state index is 14.5. The Hall–Kier alpha value is -2.78. The molecule has 174 valence electrons. The van der Waals surface area contributed by atoms with E-state index in [4.69, 9.17) is 0 Å². The number of carbonyl (C=O) groups excluding carboxylic acids is 2. The van der Waals surface area contributed by atoms with Gasteiger partial charge in [-0.3, -0.25) is 14.3 Å². The predicted molar refractivity (Wildman–Crippen MR) is 119 cm³/mol. The van der Waals surface area contributed by atoms with Gasteiger partial charge >= 0.3 is 0 Å². The molecule has 1 aromatic heterocycles. The summed E-state index contributed by atoms with van der Waals surface area (Å²) in [7, 11) is 3.38. The molecule has 1 aliphatic rings. The van der Waals surface area contributed by atoms with Gasteiger partial charge in [-0.2, -0.15) is 5.10 Å². The first kappa shape index (κ1) is 23.9. The van der Waals surface area contributed by atoms with E-state index < -0.39 is 29.8 Å². The van der Waals surface area contributed by atoms with Gasteiger partial charge in [0.05, 0.1) is 17.8 Å². The highest BCUT2D eigenvalue weighted by molar-refractivity contribution is 5.91. The Labute approximate surface area is 187 Å². The molecule has 3 rings (SSSR count). The largest absolute Gasteiger partial charge is 0.391 e. The van der Waals surface area contributed by atoms with Crippen LogP contribution in [0.25, 0.3) is 11.3 Å². The number of benzene rings is 1. The van der Waals surface area contributed by atoms with E-state index in [2.05, 4.69) is 15.7 Å². The molecular weight excluding hydrogens is 413 g/mol. The quantitative estimate of drug-likeness (QED) is 0.601. The van der Waals surface area contributed by atoms with Gasteiger partial charge in [-0.25, -0.2) is 4.39 Å². The number of alkyl halides is 1. The van der Waals surface area contributed by atoms with Gasteiger partial charge in [0.15, 0.2) is 0 Å². The topological polar surface area (TPSA) is 99.5 Å². The Kier molecular flexibility index (Phi) is 7.00. The molecule has 8 nitrogen and oxygen atoms in total. The lowest BCUT2D eigenvalue weighted by molar-refractivity contribution is -0.142. The van der Waals surface area contributed by atoms with Gasteiger partial charge < -0.3 is 20.6 Å². The third kappa shape index (κ3) is 4.99. The lowest BCUT2D eigenvalue weighted by Crippen LogP contribution is -2.57. The Morgan fingerprint density at radius 1 is 1.25 bits per heavy atom. The third-order valence-electron chi connectivity index (χ3n) is 5.97. The smallest absolute Gasteiger partial charge is 0.243 e. The molecule has 1 saturated heterocycles. The molecule has 3 N–H and O–H groups in total. The van der Waals surface area contributed by atoms with Crippen molar-refractivity contribution in [2.45, 2.75) is 57.1 Å². The second-order valence-electron chi connectivity index (χ2n) is 8.87. The highest BCUT2D eigenvalue weighted by atomic mass is 19.1. The van der Waals surface area contributed by atoms with Crippen LogP contribution in [0.2, 0.25) is 0 Å². The molecule has 0 aliphatic carbocycles. The van der Waals surface area contributed by atoms with Crippen LogP contribution in [0.4, 0.5) is 4.39 Å². The van der Waals surface area contributed by atoms with Crippen molar-refractivity contribution >= 4 is 11.8 Å². The third-order valence-corrected chi connectivity index (χ3v) is 5.97. The highest BCUT2D eigenvalue weighted by Gasteiger charge is 2.45. The predicted octanol–water partition coefficient (Wildman–Crippen LogP) is 1.56. The monoisotopic (exact) mass is 445 g/mol. The van der Waals surface area contributed by atoms with Crippen LogP contribution < -0.4 is 10.6 Å². The molecule has 2 aromatic rings. The number of nitrogens with one attached hydrogen (secondary N) is 2. The molecular formula is C23H32FN5O3. The molecule has 0 radical (unpaired) electrons. The van der Waals surface area contributed by atoms with Gasteiger partial charge in [-0.15, -0.1) is 0 Å². The number of hydrogen-bond acceptors (Lipinski definition) is 5. The van der Waals surface area contributed by atoms with Crippen LogP contribution in [0.1, 0.15) is 38.8 Å². The number of amides is 2. The zero-order valence-corrected chi connectivity index (χ0v) is 19.2. The molecule has 0 spiro atoms. The Morgan fingerprint density at radius 3 is 2.44 bits per heavy atom. The van der Waals surface area contributed by atoms with Crippen molar-refractivity contribution in [2.75, 3.05) is 13.6 Å². The standard InChI is InChI=1S/C23H32FN5O3/c1-14(15-6-8-16(9-7-15)18-10-11-26-28(18)5)27-21(31)19-12-17(30)13-29(19)22(32)20(25-4)23(2,3)24/h6-11,14,17,19-20,25,30H,12-13H2,1-5H3,(H,27,31)/t14-,17+,19-,20?/m0/s1. The number of likely N-dealkylation sites (N-methyl/N-ethyl adjacent to an activating group) is 1. The normalized spacial score (nSPS) is 20.8. The second-order valence-corrected chi connectivity index (χ2v) is 8.87. The summed E-state index contributed by atoms with van der Waals surface area (Å²) < 4.78 is 16.3. The number of halogens is 1. The van der Waals surface area contributed by atoms with E-state index in [0.717, 1.165) is 16.8 Å². The first-order chi connectivity index (χ1) is 15.0. The summed E-state index contributed by atoms with van der Waals surface area (Å²) in [4.78, 5) is 27.2. The van der Waals surface area contributed by atoms with Crippen LogP contribution in [0, 0.1) is 0 Å². The molecule has 9 heteroatoms. The highest BCUT2D eigenvalue weighted by Crippen LogP contribution is 2.25. The molecule has 0 saturated carbocycles. The van der Waals surface area contributed by atoms with Crippen molar-refractivity contribution in [1.82, 2.24) is 25.3 Å². The van der Waals surface area contributed by atoms with Gasteiger partial charge in [-0.05, 0) is 45.0 Å². The fraction of sp³-hybridized carbons (Fsp3) is 0.522. The van der Waals surface area contributed by atoms with E-state index in [-0.39, 0.29) is 24.9 Å². The van der Waals surface area contributed by atoms with Crippen LogP contribution in [0.3, 0.4) is 0 Å². The minimum atomic E-state index is -1.82. The van der Waals surface area contributed by atoms with Gasteiger partial charge in [0.2, 0.25) is 11.8 Å². The number of β-amino-alcohol motifs (C(OH)–C–C–N with tert-alkyl or cyclic N) is 1. The molecule has 0 bridgehead atoms. The number of aromatic nitrogens is 2. The van der Waals surface area contributed by atoms with Crippen LogP contribution in [-0.4, -0.2) is 69.1 Å². The zero-order valence-electron chi connectivity index (χ0n) is 19.2. The minimum absolute atomic E-state index is 0.00103. The van der Waals surface area contributed by atoms with Crippen LogP contribution in [-0.2, 0) is 16.6 Å². The van der Waals surface area contributed by atoms with Gasteiger partial charge in [0.1, 0.15) is 17.8 Å². The lowest BCUT2D eigenvalue weighted by Gasteiger charge is -2.32. The Bertz CT molecular complexity index is 953. The summed E-state index contributed by atoms with van der Waals surface area (Å²) in [6.45, 7) is 4.48. The Morgan fingerprint density at radius 2 is 1.91 bits per heavy atom. The van der Waals surface area contributed by atoms with Gasteiger partial charge in [-0.1, -0.05) is 24.3 Å². The number of aryl methyl sites for hydroxylation is 1. The number of nitrogens with zero attached hydrogens (tertiary/aromatic N) is 3. The first-order valence-electron chi connectivity index (χ1n) is 10.8. The van der Waals surface area contributed by atoms with Crippen molar-refractivity contribution < 1.29 is 19.1 Å². The van der Waals surface area contributed by atoms with E-state index >= 15 is 0 Å². The molecule has 4 atom stereocenters. The summed E-state index contributed by atoms with van der Waals surface area (Å²) in [5.74, 6) is -0.908. The summed E-state index contributed by atoms with van der Waals surface area (Å²) >= 11 is 0. The van der Waals surface area contributed by atoms with E-state index in [1.165, 1.54) is 25.8 Å². The maximum absolute atomic E-state index is 14.5. The SMILES string of the molecule is CNC(C(=O)N1C[C@H](O)C[C@H]1C(=O)N[C@@H](C)c1ccc(-c2ccnn2C)cc1)C(C)(C)F. The molecule has 1 aromatic carbocycles. The van der Waals surface area contributed by atoms with Crippen LogP contribution >= 0.6 is 0 Å². The average molecular weight is 446 g/mol. The van der Waals surface area contributed by atoms with Crippen molar-refractivity contribution in [3.63, 3.8) is 0 Å². The molecule has 2 heterocycles. The van der Waals surface area contributed by atoms with Crippen molar-refractivity contribution in [2.24, 2.45) is 7.05 Å². The van der Waals surface area contributed by atoms with Crippen LogP contribution in [0.5, 0.6) is 0 Å². The number of rotatable bonds is 7. The summed E-state index contributed by atoms with van der Waals surface area (Å²) in [5.41, 5.74) is 1.08. The van der Waals surface area contributed by atoms with Crippen molar-refractivity contribution in [3.05, 3.63) is 42.1 Å². The summed E-state index contributed by atoms with van der Waals surface area (Å²) in [6.07, 6.45) is 1.02.